The third-order valence-electron chi connectivity index (χ3n) is 3.26. The van der Waals surface area contributed by atoms with Gasteiger partial charge in [-0.25, -0.2) is 4.79 Å². The second-order valence-corrected chi connectivity index (χ2v) is 6.05. The molecule has 0 aromatic heterocycles. The average molecular weight is 242 g/mol. The van der Waals surface area contributed by atoms with E-state index in [2.05, 4.69) is 10.6 Å². The molecule has 0 bridgehead atoms. The molecule has 0 unspecified atom stereocenters. The van der Waals surface area contributed by atoms with Gasteiger partial charge in [0.1, 0.15) is 5.78 Å². The summed E-state index contributed by atoms with van der Waals surface area (Å²) in [5.41, 5.74) is 0. The van der Waals surface area contributed by atoms with Gasteiger partial charge in [-0.15, -0.1) is 0 Å². The molecule has 0 aliphatic carbocycles. The van der Waals surface area contributed by atoms with Crippen LogP contribution >= 0.6 is 11.8 Å². The third-order valence-corrected chi connectivity index (χ3v) is 4.77. The minimum Gasteiger partial charge on any atom is -0.332 e. The monoisotopic (exact) mass is 242 g/mol. The summed E-state index contributed by atoms with van der Waals surface area (Å²) in [7, 11) is 0. The van der Waals surface area contributed by atoms with Gasteiger partial charge in [0, 0.05) is 23.3 Å². The topological polar surface area (TPSA) is 58.2 Å². The number of hydrogen-bond acceptors (Lipinski definition) is 3. The molecule has 2 saturated heterocycles. The number of carbonyl (C=O) groups is 2. The molecule has 4 nitrogen and oxygen atoms in total. The Balaban J connectivity index is 1.83. The molecule has 2 N–H and O–H groups in total. The van der Waals surface area contributed by atoms with Crippen LogP contribution in [-0.4, -0.2) is 34.9 Å². The van der Waals surface area contributed by atoms with E-state index in [9.17, 15) is 9.59 Å². The molecule has 5 heteroatoms. The van der Waals surface area contributed by atoms with E-state index in [1.165, 1.54) is 0 Å². The highest BCUT2D eigenvalue weighted by molar-refractivity contribution is 8.00. The fraction of sp³-hybridized carbons (Fsp3) is 0.818. The van der Waals surface area contributed by atoms with Crippen molar-refractivity contribution in [1.82, 2.24) is 10.6 Å². The van der Waals surface area contributed by atoms with Gasteiger partial charge in [-0.1, -0.05) is 13.8 Å². The summed E-state index contributed by atoms with van der Waals surface area (Å²) >= 11 is 1.86. The number of amides is 2. The van der Waals surface area contributed by atoms with Crippen LogP contribution < -0.4 is 10.6 Å². The predicted octanol–water partition coefficient (Wildman–Crippen LogP) is 1.16. The Morgan fingerprint density at radius 3 is 2.94 bits per heavy atom. The van der Waals surface area contributed by atoms with Gasteiger partial charge in [0.05, 0.1) is 12.1 Å². The van der Waals surface area contributed by atoms with Crippen molar-refractivity contribution in [3.63, 3.8) is 0 Å². The molecule has 2 rings (SSSR count). The molecule has 2 amide bonds. The second-order valence-electron chi connectivity index (χ2n) is 4.78. The first kappa shape index (κ1) is 11.8. The Morgan fingerprint density at radius 1 is 1.50 bits per heavy atom. The van der Waals surface area contributed by atoms with Gasteiger partial charge in [0.2, 0.25) is 0 Å². The average Bonchev–Trinajstić information content (AvgIpc) is 2.73. The van der Waals surface area contributed by atoms with Crippen molar-refractivity contribution in [2.75, 3.05) is 5.75 Å². The lowest BCUT2D eigenvalue weighted by Gasteiger charge is -2.16. The normalized spacial score (nSPS) is 32.4. The van der Waals surface area contributed by atoms with Crippen LogP contribution in [0.1, 0.15) is 26.7 Å². The fourth-order valence-corrected chi connectivity index (χ4v) is 3.71. The summed E-state index contributed by atoms with van der Waals surface area (Å²) in [6, 6.07) is 0.421. The summed E-state index contributed by atoms with van der Waals surface area (Å²) in [5.74, 6) is 1.41. The van der Waals surface area contributed by atoms with Crippen LogP contribution in [-0.2, 0) is 4.79 Å². The van der Waals surface area contributed by atoms with Gasteiger partial charge in [0.25, 0.3) is 0 Å². The zero-order valence-corrected chi connectivity index (χ0v) is 10.5. The number of rotatable bonds is 4. The number of fused-ring (bicyclic) bond motifs is 1. The Morgan fingerprint density at radius 2 is 2.25 bits per heavy atom. The van der Waals surface area contributed by atoms with E-state index < -0.39 is 0 Å². The molecule has 0 radical (unpaired) electrons. The van der Waals surface area contributed by atoms with Crippen LogP contribution in [0.2, 0.25) is 0 Å². The third kappa shape index (κ3) is 2.34. The number of urea groups is 1. The fourth-order valence-electron chi connectivity index (χ4n) is 2.22. The molecule has 2 aliphatic rings. The largest absolute Gasteiger partial charge is 0.332 e. The van der Waals surface area contributed by atoms with E-state index in [0.29, 0.717) is 17.5 Å². The molecule has 0 aromatic carbocycles. The molecule has 0 saturated carbocycles. The SMILES string of the molecule is CC(C)C(=O)CC[C@@H]1SC[C@@H]2NC(=O)N[C@@H]21. The van der Waals surface area contributed by atoms with Gasteiger partial charge < -0.3 is 10.6 Å². The highest BCUT2D eigenvalue weighted by atomic mass is 32.2. The number of Topliss-reactive ketones (excluding diaryl/α,β-unsaturated/α-hetero) is 1. The summed E-state index contributed by atoms with van der Waals surface area (Å²) < 4.78 is 0. The Bertz CT molecular complexity index is 306. The summed E-state index contributed by atoms with van der Waals surface area (Å²) in [5, 5.41) is 6.23. The number of nitrogens with one attached hydrogen (secondary N) is 2. The first-order chi connectivity index (χ1) is 7.58. The summed E-state index contributed by atoms with van der Waals surface area (Å²) in [6.07, 6.45) is 1.51. The van der Waals surface area contributed by atoms with Gasteiger partial charge in [-0.2, -0.15) is 11.8 Å². The van der Waals surface area contributed by atoms with Crippen LogP contribution in [0.25, 0.3) is 0 Å². The molecule has 0 aromatic rings. The zero-order chi connectivity index (χ0) is 11.7. The highest BCUT2D eigenvalue weighted by Crippen LogP contribution is 2.32. The first-order valence-electron chi connectivity index (χ1n) is 5.79. The maximum absolute atomic E-state index is 11.5. The molecule has 3 atom stereocenters. The second kappa shape index (κ2) is 4.65. The van der Waals surface area contributed by atoms with Crippen molar-refractivity contribution in [3.8, 4) is 0 Å². The van der Waals surface area contributed by atoms with Crippen LogP contribution in [0.5, 0.6) is 0 Å². The molecular formula is C11H18N2O2S. The van der Waals surface area contributed by atoms with Crippen molar-refractivity contribution in [2.45, 2.75) is 44.0 Å². The van der Waals surface area contributed by atoms with Crippen LogP contribution in [0.3, 0.4) is 0 Å². The molecule has 16 heavy (non-hydrogen) atoms. The Kier molecular flexibility index (Phi) is 3.42. The molecular weight excluding hydrogens is 224 g/mol. The molecule has 2 aliphatic heterocycles. The zero-order valence-electron chi connectivity index (χ0n) is 9.66. The van der Waals surface area contributed by atoms with Crippen molar-refractivity contribution in [3.05, 3.63) is 0 Å². The van der Waals surface area contributed by atoms with Crippen molar-refractivity contribution < 1.29 is 9.59 Å². The van der Waals surface area contributed by atoms with E-state index >= 15 is 0 Å². The van der Waals surface area contributed by atoms with Gasteiger partial charge in [-0.3, -0.25) is 4.79 Å². The minimum atomic E-state index is -0.0597. The van der Waals surface area contributed by atoms with E-state index in [4.69, 9.17) is 0 Å². The van der Waals surface area contributed by atoms with Crippen molar-refractivity contribution in [2.24, 2.45) is 5.92 Å². The van der Waals surface area contributed by atoms with E-state index in [1.54, 1.807) is 0 Å². The number of thioether (sulfide) groups is 1. The lowest BCUT2D eigenvalue weighted by Crippen LogP contribution is -2.37. The van der Waals surface area contributed by atoms with E-state index in [-0.39, 0.29) is 24.0 Å². The lowest BCUT2D eigenvalue weighted by molar-refractivity contribution is -0.122. The van der Waals surface area contributed by atoms with Crippen molar-refractivity contribution in [1.29, 1.82) is 0 Å². The van der Waals surface area contributed by atoms with Gasteiger partial charge >= 0.3 is 6.03 Å². The number of carbonyl (C=O) groups excluding carboxylic acids is 2. The molecule has 2 fully saturated rings. The predicted molar refractivity (Wildman–Crippen MR) is 64.6 cm³/mol. The maximum Gasteiger partial charge on any atom is 0.315 e. The van der Waals surface area contributed by atoms with Crippen LogP contribution in [0.15, 0.2) is 0 Å². The van der Waals surface area contributed by atoms with E-state index in [1.807, 2.05) is 25.6 Å². The summed E-state index contributed by atoms with van der Waals surface area (Å²) in [4.78, 5) is 22.7. The Hall–Kier alpha value is -0.710. The molecule has 90 valence electrons. The van der Waals surface area contributed by atoms with Gasteiger partial charge in [-0.05, 0) is 6.42 Å². The van der Waals surface area contributed by atoms with E-state index in [0.717, 1.165) is 12.2 Å². The quantitative estimate of drug-likeness (QED) is 0.727. The van der Waals surface area contributed by atoms with Gasteiger partial charge in [0.15, 0.2) is 0 Å². The number of ketones is 1. The maximum atomic E-state index is 11.5. The molecule has 2 heterocycles. The first-order valence-corrected chi connectivity index (χ1v) is 6.84. The highest BCUT2D eigenvalue weighted by Gasteiger charge is 2.42. The minimum absolute atomic E-state index is 0.0597. The lowest BCUT2D eigenvalue weighted by atomic mass is 9.99. The summed E-state index contributed by atoms with van der Waals surface area (Å²) in [6.45, 7) is 3.87. The number of hydrogen-bond donors (Lipinski definition) is 2. The van der Waals surface area contributed by atoms with Crippen LogP contribution in [0.4, 0.5) is 4.79 Å². The standard InChI is InChI=1S/C11H18N2O2S/c1-6(2)8(14)3-4-9-10-7(5-16-9)12-11(15)13-10/h6-7,9-10H,3-5H2,1-2H3,(H2,12,13,15)/t7-,9-,10-/m0/s1. The van der Waals surface area contributed by atoms with Crippen LogP contribution in [0, 0.1) is 5.92 Å². The Labute approximate surface area is 99.9 Å². The molecule has 0 spiro atoms. The smallest absolute Gasteiger partial charge is 0.315 e. The van der Waals surface area contributed by atoms with Crippen molar-refractivity contribution >= 4 is 23.6 Å².